The number of carbonyl (C=O) groups is 2. The van der Waals surface area contributed by atoms with E-state index in [1.165, 1.54) is 134 Å². The topological polar surface area (TPSA) is 94.1 Å². The van der Waals surface area contributed by atoms with Crippen molar-refractivity contribution in [3.8, 4) is 22.3 Å². The molecule has 4 rings (SSSR count). The van der Waals surface area contributed by atoms with Crippen LogP contribution in [0, 0.1) is 6.08 Å². The molecule has 325 valence electrons. The number of carbonyl (C=O) groups excluding carboxylic acids is 2. The first-order valence-electron chi connectivity index (χ1n) is 21.8. The molecule has 0 bridgehead atoms. The van der Waals surface area contributed by atoms with Gasteiger partial charge in [0, 0.05) is 12.8 Å². The van der Waals surface area contributed by atoms with Crippen molar-refractivity contribution in [1.29, 1.82) is 0 Å². The molecule has 0 radical (unpaired) electrons. The molecular weight excluding hydrogens is 837 g/mol. The van der Waals surface area contributed by atoms with E-state index in [0.717, 1.165) is 37.1 Å². The molecule has 59 heavy (non-hydrogen) atoms. The molecule has 7 heteroatoms. The number of halogens is 1. The van der Waals surface area contributed by atoms with Gasteiger partial charge in [0.1, 0.15) is 0 Å². The molecule has 0 spiro atoms. The molecule has 0 aliphatic heterocycles. The number of aryl methyl sites for hydroxylation is 2. The van der Waals surface area contributed by atoms with Crippen LogP contribution in [-0.4, -0.2) is 18.5 Å². The Morgan fingerprint density at radius 2 is 1.07 bits per heavy atom. The molecule has 0 heterocycles. The number of hydrogen-bond donors (Lipinski definition) is 0. The summed E-state index contributed by atoms with van der Waals surface area (Å²) in [6.45, 7) is 11.3. The Bertz CT molecular complexity index is 1750. The summed E-state index contributed by atoms with van der Waals surface area (Å²) in [6, 6.07) is 33.6. The van der Waals surface area contributed by atoms with Gasteiger partial charge in [-0.2, -0.15) is 0 Å². The average molecular weight is 908 g/mol. The number of hydrogen-bond acceptors (Lipinski definition) is 3. The van der Waals surface area contributed by atoms with Crippen LogP contribution in [0.25, 0.3) is 33.7 Å². The monoisotopic (exact) mass is 905 g/mol. The van der Waals surface area contributed by atoms with Crippen LogP contribution in [0.4, 0.5) is 5.69 Å². The summed E-state index contributed by atoms with van der Waals surface area (Å²) in [5.74, 6) is 0. The Hall–Kier alpha value is -3.80. The van der Waals surface area contributed by atoms with Crippen LogP contribution in [0.5, 0.6) is 0 Å². The van der Waals surface area contributed by atoms with Crippen LogP contribution < -0.4 is 0 Å². The summed E-state index contributed by atoms with van der Waals surface area (Å²) < 4.78 is 0. The molecule has 0 fully saturated rings. The summed E-state index contributed by atoms with van der Waals surface area (Å²) in [5, 5.41) is 0. The number of benzene rings is 4. The fourth-order valence-electron chi connectivity index (χ4n) is 7.37. The standard InChI is InChI=1S/C50H66N.2CH3NO.BrH.Ni/c1-6-10-13-15-17-21-32-46-39-47(34-35-48(46)43-28-22-19-23-29-43)51-40(5)42(9-4)36-41-37-45(27-12-8-3)49(33-26-18-16-14-11-7-2)50(38-41)44-30-24-20-25-31-44;2*2-1-3;;/h19-20,22-25,28-31,34-35,37-39H,6-18,21,26-27,32-33H2,1-5H3;2*1H,(H2,2,3);1H;/q-1;;;;+1/p-3. The van der Waals surface area contributed by atoms with Gasteiger partial charge in [-0.1, -0.05) is 195 Å². The third kappa shape index (κ3) is 21.3. The van der Waals surface area contributed by atoms with Gasteiger partial charge in [-0.3, -0.25) is 0 Å². The van der Waals surface area contributed by atoms with E-state index >= 15 is 0 Å². The number of allylic oxidation sites excluding steroid dienone is 1. The van der Waals surface area contributed by atoms with Crippen molar-refractivity contribution >= 4 is 38.4 Å². The zero-order chi connectivity index (χ0) is 43.5. The average Bonchev–Trinajstić information content (AvgIpc) is 3.26. The molecule has 0 aromatic heterocycles. The third-order valence-corrected chi connectivity index (χ3v) is 10.4. The number of aliphatic imine (C=N–C) groups is 1. The van der Waals surface area contributed by atoms with Crippen molar-refractivity contribution in [2.24, 2.45) is 4.99 Å². The van der Waals surface area contributed by atoms with Crippen molar-refractivity contribution in [2.75, 3.05) is 0 Å². The normalized spacial score (nSPS) is 11.0. The Labute approximate surface area is 373 Å². The van der Waals surface area contributed by atoms with E-state index in [0.29, 0.717) is 0 Å². The molecule has 2 amide bonds. The molecule has 0 saturated carbocycles. The van der Waals surface area contributed by atoms with E-state index in [4.69, 9.17) is 26.0 Å². The van der Waals surface area contributed by atoms with Crippen LogP contribution in [0.15, 0.2) is 102 Å². The van der Waals surface area contributed by atoms with Crippen molar-refractivity contribution < 1.29 is 23.3 Å². The van der Waals surface area contributed by atoms with Crippen molar-refractivity contribution in [1.82, 2.24) is 0 Å². The Morgan fingerprint density at radius 1 is 0.593 bits per heavy atom. The summed E-state index contributed by atoms with van der Waals surface area (Å²) in [4.78, 5) is 22.2. The van der Waals surface area contributed by atoms with Crippen molar-refractivity contribution in [2.45, 2.75) is 150 Å². The van der Waals surface area contributed by atoms with Crippen molar-refractivity contribution in [3.05, 3.63) is 136 Å². The van der Waals surface area contributed by atoms with Crippen LogP contribution in [0.3, 0.4) is 0 Å². The molecule has 0 aliphatic carbocycles. The summed E-state index contributed by atoms with van der Waals surface area (Å²) in [7, 11) is 0. The molecule has 4 aromatic rings. The predicted octanol–water partition coefficient (Wildman–Crippen LogP) is 16.7. The number of nitrogens with zero attached hydrogens (tertiary/aromatic N) is 1. The van der Waals surface area contributed by atoms with E-state index in [1.807, 2.05) is 0 Å². The first-order chi connectivity index (χ1) is 28.9. The second-order valence-corrected chi connectivity index (χ2v) is 14.8. The second kappa shape index (κ2) is 35.0. The molecule has 5 nitrogen and oxygen atoms in total. The van der Waals surface area contributed by atoms with Crippen LogP contribution in [0.2, 0.25) is 0 Å². The van der Waals surface area contributed by atoms with Gasteiger partial charge in [-0.15, -0.1) is 29.3 Å². The van der Waals surface area contributed by atoms with Gasteiger partial charge in [0.2, 0.25) is 0 Å². The van der Waals surface area contributed by atoms with Gasteiger partial charge in [0.05, 0.1) is 5.69 Å². The molecule has 2 N–H and O–H groups in total. The SMILES string of the molecule is CCCCCCCCc1cc(N=C(C)C(=[C-]c2cc(CCCC)c(CCCCCCCC)c(-c3ccccc3)c2)CC)ccc1-c1ccccc1.[NH-]C=O.[NH-]C=O.[Ni][Br]. The van der Waals surface area contributed by atoms with E-state index in [2.05, 4.69) is 160 Å². The minimum absolute atomic E-state index is 0. The number of nitrogens with one attached hydrogen (secondary N) is 2. The molecule has 0 atom stereocenters. The van der Waals surface area contributed by atoms with Gasteiger partial charge >= 0.3 is 27.9 Å². The maximum atomic E-state index is 8.47. The number of amides is 2. The van der Waals surface area contributed by atoms with Gasteiger partial charge in [0.25, 0.3) is 0 Å². The van der Waals surface area contributed by atoms with Gasteiger partial charge in [0.15, 0.2) is 0 Å². The fourth-order valence-corrected chi connectivity index (χ4v) is 7.37. The van der Waals surface area contributed by atoms with Crippen molar-refractivity contribution in [3.63, 3.8) is 0 Å². The van der Waals surface area contributed by atoms with Gasteiger partial charge < -0.3 is 26.0 Å². The first kappa shape index (κ1) is 53.2. The first-order valence-corrected chi connectivity index (χ1v) is 24.3. The molecular formula is C52H70BrN3NiO2-3. The maximum absolute atomic E-state index is 8.47. The fraction of sp³-hybridized carbons (Fsp3) is 0.442. The van der Waals surface area contributed by atoms with Gasteiger partial charge in [-0.05, 0) is 78.6 Å². The van der Waals surface area contributed by atoms with Crippen LogP contribution in [0.1, 0.15) is 153 Å². The predicted molar refractivity (Wildman–Crippen MR) is 255 cm³/mol. The van der Waals surface area contributed by atoms with E-state index in [1.54, 1.807) is 5.56 Å². The quantitative estimate of drug-likeness (QED) is 0.0244. The Balaban J connectivity index is 0.00000202. The van der Waals surface area contributed by atoms with E-state index in [9.17, 15) is 0 Å². The second-order valence-electron chi connectivity index (χ2n) is 14.8. The molecule has 0 saturated heterocycles. The molecule has 0 unspecified atom stereocenters. The molecule has 4 aromatic carbocycles. The summed E-state index contributed by atoms with van der Waals surface area (Å²) in [6.07, 6.45) is 26.4. The minimum atomic E-state index is 0. The zero-order valence-corrected chi connectivity index (χ0v) is 39.1. The number of unbranched alkanes of at least 4 members (excludes halogenated alkanes) is 11. The number of rotatable bonds is 23. The summed E-state index contributed by atoms with van der Waals surface area (Å²) in [5.41, 5.74) is 25.3. The van der Waals surface area contributed by atoms with Gasteiger partial charge in [-0.25, -0.2) is 0 Å². The Kier molecular flexibility index (Phi) is 31.6. The van der Waals surface area contributed by atoms with E-state index in [-0.39, 0.29) is 12.8 Å². The zero-order valence-electron chi connectivity index (χ0n) is 36.5. The third-order valence-electron chi connectivity index (χ3n) is 10.4. The van der Waals surface area contributed by atoms with E-state index < -0.39 is 0 Å². The molecule has 0 aliphatic rings. The van der Waals surface area contributed by atoms with Crippen LogP contribution in [-0.2, 0) is 42.5 Å². The summed E-state index contributed by atoms with van der Waals surface area (Å²) >= 11 is 6.25. The Morgan fingerprint density at radius 3 is 1.59 bits per heavy atom. The van der Waals surface area contributed by atoms with Crippen LogP contribution >= 0.6 is 14.2 Å².